The Bertz CT molecular complexity index is 497. The lowest BCUT2D eigenvalue weighted by Crippen LogP contribution is -1.94. The summed E-state index contributed by atoms with van der Waals surface area (Å²) < 4.78 is 5.21. The summed E-state index contributed by atoms with van der Waals surface area (Å²) in [5.41, 5.74) is 3.76. The first kappa shape index (κ1) is 11.1. The van der Waals surface area contributed by atoms with Gasteiger partial charge in [-0.2, -0.15) is 5.10 Å². The monoisotopic (exact) mass is 227 g/mol. The molecule has 0 saturated carbocycles. The fourth-order valence-corrected chi connectivity index (χ4v) is 1.37. The molecular formula is C13H13N3O. The second kappa shape index (κ2) is 5.65. The SMILES string of the molecule is COc1ccccc1/C=N\Nc1ccccn1. The molecule has 1 N–H and O–H groups in total. The summed E-state index contributed by atoms with van der Waals surface area (Å²) in [6.45, 7) is 0. The fraction of sp³-hybridized carbons (Fsp3) is 0.0769. The van der Waals surface area contributed by atoms with Gasteiger partial charge < -0.3 is 4.74 Å². The maximum atomic E-state index is 5.21. The number of methoxy groups -OCH3 is 1. The van der Waals surface area contributed by atoms with Gasteiger partial charge in [-0.25, -0.2) is 4.98 Å². The second-order valence-corrected chi connectivity index (χ2v) is 3.33. The summed E-state index contributed by atoms with van der Waals surface area (Å²) in [4.78, 5) is 4.10. The van der Waals surface area contributed by atoms with E-state index in [1.165, 1.54) is 0 Å². The smallest absolute Gasteiger partial charge is 0.146 e. The van der Waals surface area contributed by atoms with E-state index in [1.54, 1.807) is 19.5 Å². The first-order valence-electron chi connectivity index (χ1n) is 5.23. The van der Waals surface area contributed by atoms with Gasteiger partial charge in [0, 0.05) is 11.8 Å². The van der Waals surface area contributed by atoms with Crippen molar-refractivity contribution in [1.29, 1.82) is 0 Å². The Balaban J connectivity index is 2.06. The number of aromatic nitrogens is 1. The third kappa shape index (κ3) is 3.04. The molecule has 2 aromatic rings. The van der Waals surface area contributed by atoms with Gasteiger partial charge in [0.05, 0.1) is 13.3 Å². The van der Waals surface area contributed by atoms with Crippen molar-refractivity contribution in [2.75, 3.05) is 12.5 Å². The lowest BCUT2D eigenvalue weighted by atomic mass is 10.2. The van der Waals surface area contributed by atoms with Gasteiger partial charge in [-0.05, 0) is 24.3 Å². The van der Waals surface area contributed by atoms with Crippen LogP contribution in [-0.2, 0) is 0 Å². The Hall–Kier alpha value is -2.36. The first-order chi connectivity index (χ1) is 8.40. The molecule has 4 nitrogen and oxygen atoms in total. The molecule has 0 spiro atoms. The molecule has 1 heterocycles. The number of para-hydroxylation sites is 1. The van der Waals surface area contributed by atoms with Crippen LogP contribution in [0.5, 0.6) is 5.75 Å². The average molecular weight is 227 g/mol. The quantitative estimate of drug-likeness (QED) is 0.645. The number of rotatable bonds is 4. The summed E-state index contributed by atoms with van der Waals surface area (Å²) in [5.74, 6) is 1.50. The number of hydrogen-bond acceptors (Lipinski definition) is 4. The summed E-state index contributed by atoms with van der Waals surface area (Å²) in [5, 5.41) is 4.10. The van der Waals surface area contributed by atoms with Crippen molar-refractivity contribution in [3.05, 3.63) is 54.2 Å². The van der Waals surface area contributed by atoms with Gasteiger partial charge in [0.2, 0.25) is 0 Å². The van der Waals surface area contributed by atoms with Crippen LogP contribution in [0.2, 0.25) is 0 Å². The molecule has 0 fully saturated rings. The zero-order valence-corrected chi connectivity index (χ0v) is 9.50. The van der Waals surface area contributed by atoms with Crippen LogP contribution in [-0.4, -0.2) is 18.3 Å². The van der Waals surface area contributed by atoms with E-state index < -0.39 is 0 Å². The summed E-state index contributed by atoms with van der Waals surface area (Å²) in [6.07, 6.45) is 3.41. The Morgan fingerprint density at radius 1 is 1.18 bits per heavy atom. The van der Waals surface area contributed by atoms with Crippen LogP contribution < -0.4 is 10.2 Å². The molecule has 0 amide bonds. The van der Waals surface area contributed by atoms with Crippen molar-refractivity contribution in [2.45, 2.75) is 0 Å². The normalized spacial score (nSPS) is 10.4. The lowest BCUT2D eigenvalue weighted by molar-refractivity contribution is 0.414. The van der Waals surface area contributed by atoms with Crippen LogP contribution >= 0.6 is 0 Å². The van der Waals surface area contributed by atoms with Crippen LogP contribution in [0.3, 0.4) is 0 Å². The predicted molar refractivity (Wildman–Crippen MR) is 68.4 cm³/mol. The Morgan fingerprint density at radius 2 is 2.00 bits per heavy atom. The van der Waals surface area contributed by atoms with E-state index in [0.29, 0.717) is 5.82 Å². The highest BCUT2D eigenvalue weighted by atomic mass is 16.5. The second-order valence-electron chi connectivity index (χ2n) is 3.33. The summed E-state index contributed by atoms with van der Waals surface area (Å²) in [7, 11) is 1.64. The third-order valence-electron chi connectivity index (χ3n) is 2.19. The Morgan fingerprint density at radius 3 is 2.76 bits per heavy atom. The predicted octanol–water partition coefficient (Wildman–Crippen LogP) is 2.54. The van der Waals surface area contributed by atoms with Crippen molar-refractivity contribution in [3.63, 3.8) is 0 Å². The van der Waals surface area contributed by atoms with E-state index in [1.807, 2.05) is 42.5 Å². The zero-order valence-electron chi connectivity index (χ0n) is 9.50. The van der Waals surface area contributed by atoms with Gasteiger partial charge >= 0.3 is 0 Å². The highest BCUT2D eigenvalue weighted by Crippen LogP contribution is 2.14. The van der Waals surface area contributed by atoms with Crippen LogP contribution in [0.25, 0.3) is 0 Å². The molecule has 17 heavy (non-hydrogen) atoms. The van der Waals surface area contributed by atoms with Crippen molar-refractivity contribution in [3.8, 4) is 5.75 Å². The molecular weight excluding hydrogens is 214 g/mol. The number of hydrazone groups is 1. The minimum Gasteiger partial charge on any atom is -0.496 e. The molecule has 0 radical (unpaired) electrons. The van der Waals surface area contributed by atoms with Crippen LogP contribution in [0.4, 0.5) is 5.82 Å². The number of nitrogens with zero attached hydrogens (tertiary/aromatic N) is 2. The van der Waals surface area contributed by atoms with Gasteiger partial charge in [-0.3, -0.25) is 5.43 Å². The van der Waals surface area contributed by atoms with E-state index in [9.17, 15) is 0 Å². The average Bonchev–Trinajstić information content (AvgIpc) is 2.40. The number of hydrogen-bond donors (Lipinski definition) is 1. The van der Waals surface area contributed by atoms with Gasteiger partial charge in [0.25, 0.3) is 0 Å². The molecule has 2 rings (SSSR count). The molecule has 86 valence electrons. The molecule has 1 aromatic carbocycles. The van der Waals surface area contributed by atoms with E-state index >= 15 is 0 Å². The van der Waals surface area contributed by atoms with Gasteiger partial charge in [-0.1, -0.05) is 18.2 Å². The van der Waals surface area contributed by atoms with E-state index in [2.05, 4.69) is 15.5 Å². The van der Waals surface area contributed by atoms with E-state index in [4.69, 9.17) is 4.74 Å². The topological polar surface area (TPSA) is 46.5 Å². The maximum Gasteiger partial charge on any atom is 0.146 e. The third-order valence-corrected chi connectivity index (χ3v) is 2.19. The van der Waals surface area contributed by atoms with Crippen LogP contribution in [0.15, 0.2) is 53.8 Å². The van der Waals surface area contributed by atoms with Crippen molar-refractivity contribution < 1.29 is 4.74 Å². The van der Waals surface area contributed by atoms with Crippen molar-refractivity contribution in [2.24, 2.45) is 5.10 Å². The molecule has 0 aliphatic heterocycles. The minimum atomic E-state index is 0.707. The minimum absolute atomic E-state index is 0.707. The highest BCUT2D eigenvalue weighted by Gasteiger charge is 1.96. The zero-order chi connectivity index (χ0) is 11.9. The first-order valence-corrected chi connectivity index (χ1v) is 5.23. The number of nitrogens with one attached hydrogen (secondary N) is 1. The largest absolute Gasteiger partial charge is 0.496 e. The number of anilines is 1. The van der Waals surface area contributed by atoms with E-state index in [-0.39, 0.29) is 0 Å². The molecule has 1 aromatic heterocycles. The van der Waals surface area contributed by atoms with Crippen molar-refractivity contribution >= 4 is 12.0 Å². The van der Waals surface area contributed by atoms with Crippen molar-refractivity contribution in [1.82, 2.24) is 4.98 Å². The lowest BCUT2D eigenvalue weighted by Gasteiger charge is -2.03. The molecule has 0 aliphatic carbocycles. The van der Waals surface area contributed by atoms with E-state index in [0.717, 1.165) is 11.3 Å². The highest BCUT2D eigenvalue weighted by molar-refractivity contribution is 5.83. The number of ether oxygens (including phenoxy) is 1. The molecule has 0 bridgehead atoms. The van der Waals surface area contributed by atoms with Crippen LogP contribution in [0.1, 0.15) is 5.56 Å². The van der Waals surface area contributed by atoms with Crippen LogP contribution in [0, 0.1) is 0 Å². The maximum absolute atomic E-state index is 5.21. The molecule has 4 heteroatoms. The van der Waals surface area contributed by atoms with Gasteiger partial charge in [0.15, 0.2) is 0 Å². The van der Waals surface area contributed by atoms with Gasteiger partial charge in [0.1, 0.15) is 11.6 Å². The van der Waals surface area contributed by atoms with Gasteiger partial charge in [-0.15, -0.1) is 0 Å². The molecule has 0 atom stereocenters. The molecule has 0 aliphatic rings. The summed E-state index contributed by atoms with van der Waals surface area (Å²) in [6, 6.07) is 13.3. The fourth-order valence-electron chi connectivity index (χ4n) is 1.37. The summed E-state index contributed by atoms with van der Waals surface area (Å²) >= 11 is 0. The Kier molecular flexibility index (Phi) is 3.70. The molecule has 0 unspecified atom stereocenters. The Labute approximate surface area is 100.0 Å². The standard InChI is InChI=1S/C13H13N3O/c1-17-12-7-3-2-6-11(12)10-15-16-13-8-4-5-9-14-13/h2-10H,1H3,(H,14,16)/b15-10-. The number of pyridine rings is 1. The number of benzene rings is 1. The molecule has 0 saturated heterocycles.